The summed E-state index contributed by atoms with van der Waals surface area (Å²) in [5.41, 5.74) is 4.19. The second kappa shape index (κ2) is 7.73. The van der Waals surface area contributed by atoms with Crippen molar-refractivity contribution in [3.8, 4) is 22.6 Å². The van der Waals surface area contributed by atoms with Gasteiger partial charge in [0.25, 0.3) is 0 Å². The van der Waals surface area contributed by atoms with E-state index in [1.54, 1.807) is 25.3 Å². The minimum absolute atomic E-state index is 0.473. The first-order chi connectivity index (χ1) is 13.9. The number of anilines is 3. The van der Waals surface area contributed by atoms with Crippen LogP contribution in [-0.4, -0.2) is 29.5 Å². The molecule has 1 aliphatic rings. The number of aromatic nitrogens is 1. The van der Waals surface area contributed by atoms with Crippen LogP contribution in [0.15, 0.2) is 54.7 Å². The van der Waals surface area contributed by atoms with E-state index in [9.17, 15) is 8.76 Å². The van der Waals surface area contributed by atoms with Crippen molar-refractivity contribution in [3.63, 3.8) is 0 Å². The van der Waals surface area contributed by atoms with Gasteiger partial charge in [-0.2, -0.15) is 0 Å². The summed E-state index contributed by atoms with van der Waals surface area (Å²) in [6.45, 7) is 0.577. The van der Waals surface area contributed by atoms with Crippen LogP contribution in [0, 0.1) is 0 Å². The first-order valence-electron chi connectivity index (χ1n) is 9.07. The lowest BCUT2D eigenvalue weighted by molar-refractivity contribution is 0.357. The van der Waals surface area contributed by atoms with E-state index < -0.39 is 10.4 Å². The van der Waals surface area contributed by atoms with E-state index >= 15 is 0 Å². The van der Waals surface area contributed by atoms with Crippen LogP contribution >= 0.6 is 0 Å². The zero-order valence-corrected chi connectivity index (χ0v) is 16.9. The number of hydrogen-bond donors (Lipinski definition) is 2. The molecule has 1 aliphatic heterocycles. The molecule has 2 N–H and O–H groups in total. The van der Waals surface area contributed by atoms with Gasteiger partial charge in [-0.25, -0.2) is 9.71 Å². The summed E-state index contributed by atoms with van der Waals surface area (Å²) >= 11 is 0. The fourth-order valence-electron chi connectivity index (χ4n) is 3.39. The zero-order valence-electron chi connectivity index (χ0n) is 16.1. The van der Waals surface area contributed by atoms with Crippen molar-refractivity contribution in [1.82, 2.24) is 4.98 Å². The monoisotopic (exact) mass is 411 g/mol. The lowest BCUT2D eigenvalue weighted by atomic mass is 9.99. The molecule has 0 saturated carbocycles. The molecule has 8 heteroatoms. The number of pyridine rings is 1. The van der Waals surface area contributed by atoms with Crippen molar-refractivity contribution < 1.29 is 18.2 Å². The number of para-hydroxylation sites is 1. The molecule has 29 heavy (non-hydrogen) atoms. The maximum Gasteiger partial charge on any atom is 0.173 e. The van der Waals surface area contributed by atoms with Gasteiger partial charge in [-0.15, -0.1) is 0 Å². The minimum atomic E-state index is -3.35. The second-order valence-electron chi connectivity index (χ2n) is 6.71. The number of benzene rings is 2. The fourth-order valence-corrected chi connectivity index (χ4v) is 3.94. The predicted octanol–water partition coefficient (Wildman–Crippen LogP) is 4.02. The fraction of sp³-hybridized carbons (Fsp3) is 0.190. The quantitative estimate of drug-likeness (QED) is 0.595. The Balaban J connectivity index is 1.68. The van der Waals surface area contributed by atoms with Crippen LogP contribution < -0.4 is 19.5 Å². The molecular formula is C21H21N3O4S. The molecule has 4 rings (SSSR count). The van der Waals surface area contributed by atoms with Crippen molar-refractivity contribution in [2.45, 2.75) is 6.42 Å². The van der Waals surface area contributed by atoms with Gasteiger partial charge in [0, 0.05) is 35.0 Å². The second-order valence-corrected chi connectivity index (χ2v) is 8.46. The van der Waals surface area contributed by atoms with Gasteiger partial charge in [-0.3, -0.25) is 0 Å². The highest BCUT2D eigenvalue weighted by atomic mass is 32.3. The first kappa shape index (κ1) is 19.2. The van der Waals surface area contributed by atoms with Gasteiger partial charge in [0.05, 0.1) is 19.4 Å². The lowest BCUT2D eigenvalue weighted by Crippen LogP contribution is -2.17. The SMILES string of the molecule is COc1ccccc1-c1cnc(Nc2cccc(N[S+](C)(=O)[O-])c2)c2c1CCO2. The van der Waals surface area contributed by atoms with Gasteiger partial charge in [-0.1, -0.05) is 28.5 Å². The highest BCUT2D eigenvalue weighted by Gasteiger charge is 2.24. The zero-order chi connectivity index (χ0) is 20.4. The van der Waals surface area contributed by atoms with E-state index in [1.807, 2.05) is 36.5 Å². The average Bonchev–Trinajstić information content (AvgIpc) is 3.17. The van der Waals surface area contributed by atoms with E-state index in [-0.39, 0.29) is 0 Å². The molecule has 0 spiro atoms. The minimum Gasteiger partial charge on any atom is -0.593 e. The molecule has 1 unspecified atom stereocenters. The first-order valence-corrected chi connectivity index (χ1v) is 11.0. The van der Waals surface area contributed by atoms with Gasteiger partial charge in [0.1, 0.15) is 22.4 Å². The van der Waals surface area contributed by atoms with Crippen molar-refractivity contribution in [1.29, 1.82) is 0 Å². The third kappa shape index (κ3) is 4.18. The molecule has 0 radical (unpaired) electrons. The Labute approximate surface area is 170 Å². The molecule has 0 saturated heterocycles. The van der Waals surface area contributed by atoms with Gasteiger partial charge < -0.3 is 19.3 Å². The summed E-state index contributed by atoms with van der Waals surface area (Å²) in [5, 5.41) is 3.24. The third-order valence-electron chi connectivity index (χ3n) is 4.56. The van der Waals surface area contributed by atoms with E-state index in [0.29, 0.717) is 29.5 Å². The number of fused-ring (bicyclic) bond motifs is 1. The molecule has 2 aromatic carbocycles. The van der Waals surface area contributed by atoms with Crippen LogP contribution in [0.2, 0.25) is 0 Å². The summed E-state index contributed by atoms with van der Waals surface area (Å²) < 4.78 is 36.8. The summed E-state index contributed by atoms with van der Waals surface area (Å²) in [6, 6.07) is 14.8. The lowest BCUT2D eigenvalue weighted by Gasteiger charge is -2.15. The summed E-state index contributed by atoms with van der Waals surface area (Å²) in [5.74, 6) is 2.08. The Hall–Kier alpha value is -3.10. The third-order valence-corrected chi connectivity index (χ3v) is 5.17. The molecule has 0 bridgehead atoms. The van der Waals surface area contributed by atoms with Crippen molar-refractivity contribution in [2.24, 2.45) is 0 Å². The molecule has 0 amide bonds. The number of nitrogens with one attached hydrogen (secondary N) is 2. The summed E-state index contributed by atoms with van der Waals surface area (Å²) in [7, 11) is -1.70. The molecular weight excluding hydrogens is 390 g/mol. The van der Waals surface area contributed by atoms with Gasteiger partial charge in [-0.05, 0) is 24.3 Å². The summed E-state index contributed by atoms with van der Waals surface area (Å²) in [6.07, 6.45) is 3.70. The number of rotatable bonds is 6. The molecule has 0 fully saturated rings. The molecule has 150 valence electrons. The number of nitrogens with zero attached hydrogens (tertiary/aromatic N) is 1. The Morgan fingerprint density at radius 2 is 1.93 bits per heavy atom. The Kier molecular flexibility index (Phi) is 5.12. The maximum absolute atomic E-state index is 11.5. The van der Waals surface area contributed by atoms with Crippen LogP contribution in [0.25, 0.3) is 11.1 Å². The Morgan fingerprint density at radius 1 is 1.14 bits per heavy atom. The van der Waals surface area contributed by atoms with Gasteiger partial charge >= 0.3 is 0 Å². The van der Waals surface area contributed by atoms with Crippen LogP contribution in [0.4, 0.5) is 17.2 Å². The number of sulfonamides is 1. The van der Waals surface area contributed by atoms with Crippen LogP contribution in [0.3, 0.4) is 0 Å². The van der Waals surface area contributed by atoms with Gasteiger partial charge in [0.2, 0.25) is 0 Å². The highest BCUT2D eigenvalue weighted by Crippen LogP contribution is 2.42. The van der Waals surface area contributed by atoms with E-state index in [1.165, 1.54) is 0 Å². The Morgan fingerprint density at radius 3 is 2.72 bits per heavy atom. The van der Waals surface area contributed by atoms with E-state index in [2.05, 4.69) is 15.0 Å². The van der Waals surface area contributed by atoms with Crippen LogP contribution in [-0.2, 0) is 21.0 Å². The normalized spacial score (nSPS) is 14.4. The largest absolute Gasteiger partial charge is 0.593 e. The van der Waals surface area contributed by atoms with Crippen molar-refractivity contribution in [2.75, 3.05) is 30.0 Å². The van der Waals surface area contributed by atoms with Crippen molar-refractivity contribution >= 4 is 27.6 Å². The standard InChI is InChI=1S/C21H21N3O4S/c1-27-19-9-4-3-8-16(19)18-13-22-21(20-17(18)10-11-28-20)23-14-6-5-7-15(12-14)24-29(2,25)26/h3-9,12-13H,10-11H2,1-2H3,(H2-,22,23,24,25,26). The molecule has 1 aromatic heterocycles. The average molecular weight is 411 g/mol. The number of hydrogen-bond acceptors (Lipinski definition) is 6. The highest BCUT2D eigenvalue weighted by molar-refractivity contribution is 7.98. The molecule has 3 aromatic rings. The van der Waals surface area contributed by atoms with E-state index in [0.717, 1.165) is 35.1 Å². The van der Waals surface area contributed by atoms with Crippen molar-refractivity contribution in [3.05, 3.63) is 60.3 Å². The molecule has 1 atom stereocenters. The smallest absolute Gasteiger partial charge is 0.173 e. The van der Waals surface area contributed by atoms with Crippen LogP contribution in [0.5, 0.6) is 11.5 Å². The molecule has 2 heterocycles. The van der Waals surface area contributed by atoms with E-state index in [4.69, 9.17) is 9.47 Å². The predicted molar refractivity (Wildman–Crippen MR) is 114 cm³/mol. The maximum atomic E-state index is 11.5. The molecule has 7 nitrogen and oxygen atoms in total. The summed E-state index contributed by atoms with van der Waals surface area (Å²) in [4.78, 5) is 4.57. The molecule has 0 aliphatic carbocycles. The Bertz CT molecular complexity index is 1100. The van der Waals surface area contributed by atoms with Gasteiger partial charge in [0.15, 0.2) is 11.6 Å². The van der Waals surface area contributed by atoms with Crippen LogP contribution in [0.1, 0.15) is 5.56 Å². The number of ether oxygens (including phenoxy) is 2. The number of methoxy groups -OCH3 is 1. The topological polar surface area (TPSA) is 95.5 Å².